The third kappa shape index (κ3) is 5.37. The van der Waals surface area contributed by atoms with Crippen molar-refractivity contribution in [2.24, 2.45) is 5.92 Å². The molecule has 0 spiro atoms. The monoisotopic (exact) mass is 350 g/mol. The molecule has 2 aromatic carbocycles. The Bertz CT molecular complexity index is 623. The molecule has 0 aliphatic heterocycles. The molecule has 1 fully saturated rings. The van der Waals surface area contributed by atoms with E-state index in [0.29, 0.717) is 5.92 Å². The number of rotatable bonds is 8. The SMILES string of the molecule is CCCCC1CCC(c2ccc(OCC(C)c3ccccc3)cc2)CC1. The van der Waals surface area contributed by atoms with Crippen LogP contribution in [-0.2, 0) is 0 Å². The third-order valence-corrected chi connectivity index (χ3v) is 6.03. The van der Waals surface area contributed by atoms with E-state index in [0.717, 1.165) is 24.2 Å². The molecule has 0 heterocycles. The maximum absolute atomic E-state index is 6.03. The van der Waals surface area contributed by atoms with Crippen molar-refractivity contribution in [1.82, 2.24) is 0 Å². The second-order valence-corrected chi connectivity index (χ2v) is 8.05. The summed E-state index contributed by atoms with van der Waals surface area (Å²) in [4.78, 5) is 0. The molecular weight excluding hydrogens is 316 g/mol. The van der Waals surface area contributed by atoms with Crippen LogP contribution in [0.5, 0.6) is 5.75 Å². The molecular formula is C25H34O. The molecule has 1 saturated carbocycles. The Kier molecular flexibility index (Phi) is 7.17. The Balaban J connectivity index is 1.46. The predicted molar refractivity (Wildman–Crippen MR) is 111 cm³/mol. The van der Waals surface area contributed by atoms with Crippen molar-refractivity contribution in [2.45, 2.75) is 70.6 Å². The molecule has 26 heavy (non-hydrogen) atoms. The highest BCUT2D eigenvalue weighted by Gasteiger charge is 2.21. The van der Waals surface area contributed by atoms with Crippen molar-refractivity contribution >= 4 is 0 Å². The quantitative estimate of drug-likeness (QED) is 0.484. The van der Waals surface area contributed by atoms with Crippen LogP contribution in [0.1, 0.15) is 81.8 Å². The molecule has 1 heteroatoms. The van der Waals surface area contributed by atoms with Crippen LogP contribution in [0.15, 0.2) is 54.6 Å². The maximum atomic E-state index is 6.03. The van der Waals surface area contributed by atoms with Crippen LogP contribution >= 0.6 is 0 Å². The van der Waals surface area contributed by atoms with E-state index in [1.807, 2.05) is 0 Å². The summed E-state index contributed by atoms with van der Waals surface area (Å²) in [6, 6.07) is 19.5. The van der Waals surface area contributed by atoms with Crippen LogP contribution < -0.4 is 4.74 Å². The lowest BCUT2D eigenvalue weighted by Gasteiger charge is -2.29. The first-order chi connectivity index (χ1) is 12.8. The summed E-state index contributed by atoms with van der Waals surface area (Å²) in [7, 11) is 0. The van der Waals surface area contributed by atoms with Gasteiger partial charge in [0.05, 0.1) is 6.61 Å². The third-order valence-electron chi connectivity index (χ3n) is 6.03. The zero-order chi connectivity index (χ0) is 18.2. The van der Waals surface area contributed by atoms with E-state index in [1.165, 1.54) is 56.1 Å². The standard InChI is InChI=1S/C25H34O/c1-3-4-8-21-11-13-23(14-12-21)24-15-17-25(18-16-24)26-19-20(2)22-9-6-5-7-10-22/h5-7,9-10,15-18,20-21,23H,3-4,8,11-14,19H2,1-2H3. The summed E-state index contributed by atoms with van der Waals surface area (Å²) in [6.07, 6.45) is 9.73. The second kappa shape index (κ2) is 9.80. The minimum Gasteiger partial charge on any atom is -0.493 e. The first-order valence-electron chi connectivity index (χ1n) is 10.5. The summed E-state index contributed by atoms with van der Waals surface area (Å²) in [5, 5.41) is 0. The number of hydrogen-bond acceptors (Lipinski definition) is 1. The van der Waals surface area contributed by atoms with Gasteiger partial charge < -0.3 is 4.74 Å². The van der Waals surface area contributed by atoms with Crippen LogP contribution in [0.3, 0.4) is 0 Å². The van der Waals surface area contributed by atoms with E-state index in [9.17, 15) is 0 Å². The van der Waals surface area contributed by atoms with E-state index in [4.69, 9.17) is 4.74 Å². The predicted octanol–water partition coefficient (Wildman–Crippen LogP) is 7.33. The zero-order valence-electron chi connectivity index (χ0n) is 16.5. The van der Waals surface area contributed by atoms with Gasteiger partial charge >= 0.3 is 0 Å². The fraction of sp³-hybridized carbons (Fsp3) is 0.520. The van der Waals surface area contributed by atoms with E-state index in [-0.39, 0.29) is 0 Å². The van der Waals surface area contributed by atoms with E-state index in [2.05, 4.69) is 68.4 Å². The van der Waals surface area contributed by atoms with Gasteiger partial charge in [-0.2, -0.15) is 0 Å². The van der Waals surface area contributed by atoms with Crippen LogP contribution in [0.25, 0.3) is 0 Å². The van der Waals surface area contributed by atoms with Gasteiger partial charge in [0.1, 0.15) is 5.75 Å². The number of ether oxygens (including phenoxy) is 1. The normalized spacial score (nSPS) is 21.3. The average molecular weight is 351 g/mol. The molecule has 0 N–H and O–H groups in total. The Hall–Kier alpha value is -1.76. The van der Waals surface area contributed by atoms with E-state index >= 15 is 0 Å². The van der Waals surface area contributed by atoms with Gasteiger partial charge in [-0.05, 0) is 60.8 Å². The first-order valence-corrected chi connectivity index (χ1v) is 10.5. The number of unbranched alkanes of at least 4 members (excludes halogenated alkanes) is 1. The van der Waals surface area contributed by atoms with E-state index in [1.54, 1.807) is 0 Å². The number of hydrogen-bond donors (Lipinski definition) is 0. The minimum atomic E-state index is 0.411. The lowest BCUT2D eigenvalue weighted by Crippen LogP contribution is -2.13. The summed E-state index contributed by atoms with van der Waals surface area (Å²) < 4.78 is 6.03. The van der Waals surface area contributed by atoms with Crippen molar-refractivity contribution in [1.29, 1.82) is 0 Å². The molecule has 140 valence electrons. The molecule has 1 aliphatic carbocycles. The van der Waals surface area contributed by atoms with Gasteiger partial charge in [-0.15, -0.1) is 0 Å². The smallest absolute Gasteiger partial charge is 0.119 e. The lowest BCUT2D eigenvalue weighted by molar-refractivity contribution is 0.294. The van der Waals surface area contributed by atoms with Gasteiger partial charge in [0.25, 0.3) is 0 Å². The Labute approximate surface area is 159 Å². The highest BCUT2D eigenvalue weighted by molar-refractivity contribution is 5.30. The van der Waals surface area contributed by atoms with E-state index < -0.39 is 0 Å². The molecule has 3 rings (SSSR count). The van der Waals surface area contributed by atoms with Crippen molar-refractivity contribution in [3.8, 4) is 5.75 Å². The minimum absolute atomic E-state index is 0.411. The lowest BCUT2D eigenvalue weighted by atomic mass is 9.77. The molecule has 0 aromatic heterocycles. The topological polar surface area (TPSA) is 9.23 Å². The van der Waals surface area contributed by atoms with Gasteiger partial charge in [0.2, 0.25) is 0 Å². The molecule has 0 amide bonds. The molecule has 0 bridgehead atoms. The Morgan fingerprint density at radius 2 is 1.62 bits per heavy atom. The summed E-state index contributed by atoms with van der Waals surface area (Å²) in [5.74, 6) is 3.14. The Morgan fingerprint density at radius 1 is 0.923 bits per heavy atom. The fourth-order valence-electron chi connectivity index (χ4n) is 4.21. The molecule has 0 saturated heterocycles. The summed E-state index contributed by atoms with van der Waals surface area (Å²) in [5.41, 5.74) is 2.84. The zero-order valence-corrected chi connectivity index (χ0v) is 16.5. The average Bonchev–Trinajstić information content (AvgIpc) is 2.72. The van der Waals surface area contributed by atoms with Crippen molar-refractivity contribution in [2.75, 3.05) is 6.61 Å². The molecule has 1 nitrogen and oxygen atoms in total. The summed E-state index contributed by atoms with van der Waals surface area (Å²) >= 11 is 0. The van der Waals surface area contributed by atoms with Gasteiger partial charge in [-0.25, -0.2) is 0 Å². The molecule has 2 aromatic rings. The van der Waals surface area contributed by atoms with Crippen molar-refractivity contribution in [3.63, 3.8) is 0 Å². The van der Waals surface area contributed by atoms with Gasteiger partial charge in [0.15, 0.2) is 0 Å². The van der Waals surface area contributed by atoms with Gasteiger partial charge in [-0.3, -0.25) is 0 Å². The largest absolute Gasteiger partial charge is 0.493 e. The molecule has 0 radical (unpaired) electrons. The highest BCUT2D eigenvalue weighted by Crippen LogP contribution is 2.38. The Morgan fingerprint density at radius 3 is 2.27 bits per heavy atom. The number of benzene rings is 2. The maximum Gasteiger partial charge on any atom is 0.119 e. The van der Waals surface area contributed by atoms with Crippen molar-refractivity contribution < 1.29 is 4.74 Å². The van der Waals surface area contributed by atoms with Crippen LogP contribution in [0.4, 0.5) is 0 Å². The fourth-order valence-corrected chi connectivity index (χ4v) is 4.21. The van der Waals surface area contributed by atoms with Crippen LogP contribution in [0.2, 0.25) is 0 Å². The van der Waals surface area contributed by atoms with Gasteiger partial charge in [0, 0.05) is 5.92 Å². The highest BCUT2D eigenvalue weighted by atomic mass is 16.5. The first kappa shape index (κ1) is 19.0. The molecule has 1 atom stereocenters. The summed E-state index contributed by atoms with van der Waals surface area (Å²) in [6.45, 7) is 5.25. The molecule has 1 aliphatic rings. The van der Waals surface area contributed by atoms with Crippen LogP contribution in [-0.4, -0.2) is 6.61 Å². The second-order valence-electron chi connectivity index (χ2n) is 8.05. The van der Waals surface area contributed by atoms with Crippen LogP contribution in [0, 0.1) is 5.92 Å². The van der Waals surface area contributed by atoms with Crippen molar-refractivity contribution in [3.05, 3.63) is 65.7 Å². The molecule has 1 unspecified atom stereocenters. The van der Waals surface area contributed by atoms with Gasteiger partial charge in [-0.1, -0.05) is 75.6 Å².